The van der Waals surface area contributed by atoms with Crippen molar-refractivity contribution >= 4 is 29.4 Å². The van der Waals surface area contributed by atoms with Crippen molar-refractivity contribution < 1.29 is 19.5 Å². The van der Waals surface area contributed by atoms with E-state index in [0.29, 0.717) is 11.4 Å². The zero-order chi connectivity index (χ0) is 20.3. The van der Waals surface area contributed by atoms with Gasteiger partial charge in [-0.1, -0.05) is 54.1 Å². The Hall–Kier alpha value is -2.86. The van der Waals surface area contributed by atoms with Crippen molar-refractivity contribution in [1.29, 1.82) is 0 Å². The first-order chi connectivity index (χ1) is 13.4. The van der Waals surface area contributed by atoms with Crippen LogP contribution in [-0.2, 0) is 20.8 Å². The number of carbonyl (C=O) groups excluding carboxylic acids is 2. The highest BCUT2D eigenvalue weighted by Gasteiger charge is 2.47. The summed E-state index contributed by atoms with van der Waals surface area (Å²) in [6, 6.07) is 15.7. The van der Waals surface area contributed by atoms with E-state index < -0.39 is 18.2 Å². The topological polar surface area (TPSA) is 77.9 Å². The van der Waals surface area contributed by atoms with Crippen molar-refractivity contribution in [3.8, 4) is 0 Å². The summed E-state index contributed by atoms with van der Waals surface area (Å²) < 4.78 is 0. The van der Waals surface area contributed by atoms with Crippen LogP contribution in [0.3, 0.4) is 0 Å². The number of carbonyl (C=O) groups is 3. The molecule has 2 amide bonds. The minimum Gasteiger partial charge on any atom is -0.481 e. The minimum atomic E-state index is -1.04. The van der Waals surface area contributed by atoms with Crippen LogP contribution in [0.1, 0.15) is 30.1 Å². The van der Waals surface area contributed by atoms with Gasteiger partial charge in [0.05, 0.1) is 6.42 Å². The number of benzene rings is 2. The number of nitrogens with zero attached hydrogens (tertiary/aromatic N) is 2. The Morgan fingerprint density at radius 2 is 1.68 bits per heavy atom. The molecule has 1 N–H and O–H groups in total. The molecule has 0 aliphatic carbocycles. The number of aliphatic carboxylic acids is 1. The highest BCUT2D eigenvalue weighted by atomic mass is 35.5. The van der Waals surface area contributed by atoms with Gasteiger partial charge in [-0.15, -0.1) is 0 Å². The van der Waals surface area contributed by atoms with Gasteiger partial charge in [0.1, 0.15) is 12.2 Å². The summed E-state index contributed by atoms with van der Waals surface area (Å²) in [5.41, 5.74) is 1.68. The van der Waals surface area contributed by atoms with Gasteiger partial charge in [-0.2, -0.15) is 0 Å². The van der Waals surface area contributed by atoms with Crippen LogP contribution in [0.5, 0.6) is 0 Å². The molecule has 1 fully saturated rings. The summed E-state index contributed by atoms with van der Waals surface area (Å²) in [5, 5.41) is 9.55. The van der Waals surface area contributed by atoms with E-state index in [1.54, 1.807) is 24.1 Å². The molecule has 1 aliphatic heterocycles. The van der Waals surface area contributed by atoms with Crippen molar-refractivity contribution in [3.05, 3.63) is 70.7 Å². The molecule has 0 radical (unpaired) electrons. The molecular weight excluding hydrogens is 380 g/mol. The Bertz CT molecular complexity index is 870. The molecule has 0 bridgehead atoms. The van der Waals surface area contributed by atoms with Crippen LogP contribution in [0, 0.1) is 0 Å². The van der Waals surface area contributed by atoms with Gasteiger partial charge in [-0.3, -0.25) is 14.4 Å². The molecule has 1 heterocycles. The second kappa shape index (κ2) is 8.44. The fourth-order valence-electron chi connectivity index (χ4n) is 3.52. The third kappa shape index (κ3) is 4.17. The molecule has 1 saturated heterocycles. The predicted molar refractivity (Wildman–Crippen MR) is 105 cm³/mol. The molecule has 6 nitrogen and oxygen atoms in total. The van der Waals surface area contributed by atoms with Gasteiger partial charge in [-0.05, 0) is 23.3 Å². The molecule has 2 atom stereocenters. The van der Waals surface area contributed by atoms with E-state index in [2.05, 4.69) is 0 Å². The van der Waals surface area contributed by atoms with Gasteiger partial charge in [-0.25, -0.2) is 0 Å². The van der Waals surface area contributed by atoms with E-state index in [9.17, 15) is 14.4 Å². The first-order valence-corrected chi connectivity index (χ1v) is 9.35. The fraction of sp³-hybridized carbons (Fsp3) is 0.286. The summed E-state index contributed by atoms with van der Waals surface area (Å²) in [6.45, 7) is 0. The minimum absolute atomic E-state index is 0.156. The highest BCUT2D eigenvalue weighted by molar-refractivity contribution is 6.30. The molecular formula is C21H21ClN2O4. The van der Waals surface area contributed by atoms with Crippen molar-refractivity contribution in [1.82, 2.24) is 9.80 Å². The fourth-order valence-corrected chi connectivity index (χ4v) is 3.65. The van der Waals surface area contributed by atoms with Gasteiger partial charge in [0.15, 0.2) is 0 Å². The van der Waals surface area contributed by atoms with Gasteiger partial charge in [0, 0.05) is 24.9 Å². The molecule has 28 heavy (non-hydrogen) atoms. The first-order valence-electron chi connectivity index (χ1n) is 8.97. The molecule has 0 spiro atoms. The normalized spacial score (nSPS) is 19.1. The second-order valence-electron chi connectivity index (χ2n) is 6.77. The van der Waals surface area contributed by atoms with E-state index in [0.717, 1.165) is 11.1 Å². The Morgan fingerprint density at radius 3 is 2.29 bits per heavy atom. The van der Waals surface area contributed by atoms with E-state index >= 15 is 0 Å². The predicted octanol–water partition coefficient (Wildman–Crippen LogP) is 3.12. The monoisotopic (exact) mass is 400 g/mol. The van der Waals surface area contributed by atoms with Crippen LogP contribution in [0.2, 0.25) is 5.02 Å². The van der Waals surface area contributed by atoms with Gasteiger partial charge >= 0.3 is 5.97 Å². The maximum atomic E-state index is 13.0. The van der Waals surface area contributed by atoms with Crippen molar-refractivity contribution in [2.75, 3.05) is 7.05 Å². The Morgan fingerprint density at radius 1 is 1.04 bits per heavy atom. The average Bonchev–Trinajstić information content (AvgIpc) is 2.93. The lowest BCUT2D eigenvalue weighted by Gasteiger charge is -2.30. The Kier molecular flexibility index (Phi) is 5.99. The second-order valence-corrected chi connectivity index (χ2v) is 7.21. The highest BCUT2D eigenvalue weighted by Crippen LogP contribution is 2.35. The standard InChI is InChI=1S/C21H21ClN2O4/c1-23-20(15-5-3-2-4-6-15)24(18(25)11-12-19(26)27)17(21(23)28)13-14-7-9-16(22)10-8-14/h2-10,17,20H,11-13H2,1H3,(H,26,27)/t17-,20?/m1/s1. The molecule has 1 aliphatic rings. The lowest BCUT2D eigenvalue weighted by atomic mass is 10.0. The van der Waals surface area contributed by atoms with Gasteiger partial charge < -0.3 is 14.9 Å². The maximum Gasteiger partial charge on any atom is 0.303 e. The van der Waals surface area contributed by atoms with Crippen LogP contribution in [-0.4, -0.2) is 45.8 Å². The molecule has 0 saturated carbocycles. The number of carboxylic acids is 1. The number of hydrogen-bond acceptors (Lipinski definition) is 3. The number of amides is 2. The molecule has 146 valence electrons. The lowest BCUT2D eigenvalue weighted by Crippen LogP contribution is -2.41. The first kappa shape index (κ1) is 19.9. The lowest BCUT2D eigenvalue weighted by molar-refractivity contribution is -0.142. The number of carboxylic acid groups (broad SMARTS) is 1. The summed E-state index contributed by atoms with van der Waals surface area (Å²) >= 11 is 5.94. The molecule has 7 heteroatoms. The van der Waals surface area contributed by atoms with Crippen molar-refractivity contribution in [2.45, 2.75) is 31.5 Å². The summed E-state index contributed by atoms with van der Waals surface area (Å²) in [6.07, 6.45) is -0.658. The number of halogens is 1. The molecule has 1 unspecified atom stereocenters. The van der Waals surface area contributed by atoms with Gasteiger partial charge in [0.25, 0.3) is 0 Å². The molecule has 2 aromatic carbocycles. The molecule has 2 aromatic rings. The third-order valence-electron chi connectivity index (χ3n) is 4.88. The Balaban J connectivity index is 1.95. The largest absolute Gasteiger partial charge is 0.481 e. The van der Waals surface area contributed by atoms with Crippen molar-refractivity contribution in [2.24, 2.45) is 0 Å². The van der Waals surface area contributed by atoms with Crippen molar-refractivity contribution in [3.63, 3.8) is 0 Å². The van der Waals surface area contributed by atoms with E-state index in [1.165, 1.54) is 4.90 Å². The number of likely N-dealkylation sites (N-methyl/N-ethyl adjacent to an activating group) is 1. The maximum absolute atomic E-state index is 13.0. The quantitative estimate of drug-likeness (QED) is 0.808. The van der Waals surface area contributed by atoms with Gasteiger partial charge in [0.2, 0.25) is 11.8 Å². The van der Waals surface area contributed by atoms with Crippen LogP contribution in [0.15, 0.2) is 54.6 Å². The molecule has 0 aromatic heterocycles. The summed E-state index contributed by atoms with van der Waals surface area (Å²) in [5.74, 6) is -1.57. The third-order valence-corrected chi connectivity index (χ3v) is 5.13. The van der Waals surface area contributed by atoms with Crippen LogP contribution in [0.25, 0.3) is 0 Å². The molecule has 3 rings (SSSR count). The van der Waals surface area contributed by atoms with Crippen LogP contribution < -0.4 is 0 Å². The van der Waals surface area contributed by atoms with Crippen LogP contribution in [0.4, 0.5) is 0 Å². The smallest absolute Gasteiger partial charge is 0.303 e. The van der Waals surface area contributed by atoms with E-state index in [-0.39, 0.29) is 24.7 Å². The number of rotatable bonds is 6. The van der Waals surface area contributed by atoms with E-state index in [4.69, 9.17) is 16.7 Å². The van der Waals surface area contributed by atoms with E-state index in [1.807, 2.05) is 42.5 Å². The zero-order valence-electron chi connectivity index (χ0n) is 15.4. The summed E-state index contributed by atoms with van der Waals surface area (Å²) in [7, 11) is 1.67. The average molecular weight is 401 g/mol. The van der Waals surface area contributed by atoms with Crippen LogP contribution >= 0.6 is 11.6 Å². The SMILES string of the molecule is CN1C(=O)[C@@H](Cc2ccc(Cl)cc2)N(C(=O)CCC(=O)O)C1c1ccccc1. The summed E-state index contributed by atoms with van der Waals surface area (Å²) in [4.78, 5) is 40.0. The number of hydrogen-bond donors (Lipinski definition) is 1. The Labute approximate surface area is 168 Å². The zero-order valence-corrected chi connectivity index (χ0v) is 16.2.